The van der Waals surface area contributed by atoms with E-state index in [1.165, 1.54) is 12.1 Å². The predicted molar refractivity (Wildman–Crippen MR) is 67.1 cm³/mol. The molecule has 5 heteroatoms. The number of benzene rings is 1. The number of carbonyl (C=O) groups excluding carboxylic acids is 2. The van der Waals surface area contributed by atoms with Crippen molar-refractivity contribution in [3.05, 3.63) is 35.1 Å². The molecule has 1 aromatic carbocycles. The fourth-order valence-corrected chi connectivity index (χ4v) is 1.67. The summed E-state index contributed by atoms with van der Waals surface area (Å²) >= 11 is 0. The summed E-state index contributed by atoms with van der Waals surface area (Å²) in [5.74, 6) is -3.60. The van der Waals surface area contributed by atoms with E-state index in [4.69, 9.17) is 9.47 Å². The van der Waals surface area contributed by atoms with Gasteiger partial charge in [-0.2, -0.15) is 0 Å². The number of halogens is 1. The summed E-state index contributed by atoms with van der Waals surface area (Å²) in [4.78, 5) is 23.6. The van der Waals surface area contributed by atoms with Crippen LogP contribution in [-0.4, -0.2) is 25.2 Å². The molecule has 1 aromatic rings. The van der Waals surface area contributed by atoms with E-state index in [1.807, 2.05) is 0 Å². The third kappa shape index (κ3) is 3.77. The highest BCUT2D eigenvalue weighted by Crippen LogP contribution is 2.23. The van der Waals surface area contributed by atoms with Gasteiger partial charge in [0, 0.05) is 5.56 Å². The van der Waals surface area contributed by atoms with Gasteiger partial charge in [-0.3, -0.25) is 9.59 Å². The Kier molecular flexibility index (Phi) is 5.48. The summed E-state index contributed by atoms with van der Waals surface area (Å²) in [5.41, 5.74) is 0.676. The molecule has 0 saturated heterocycles. The first-order valence-electron chi connectivity index (χ1n) is 6.10. The second-order valence-electron chi connectivity index (χ2n) is 3.96. The average Bonchev–Trinajstić information content (AvgIpc) is 2.33. The van der Waals surface area contributed by atoms with Crippen LogP contribution in [-0.2, 0) is 19.1 Å². The van der Waals surface area contributed by atoms with Crippen molar-refractivity contribution in [1.29, 1.82) is 0 Å². The number of ether oxygens (including phenoxy) is 2. The van der Waals surface area contributed by atoms with Crippen LogP contribution < -0.4 is 0 Å². The molecule has 0 radical (unpaired) electrons. The number of aryl methyl sites for hydroxylation is 1. The molecule has 0 aliphatic heterocycles. The van der Waals surface area contributed by atoms with Gasteiger partial charge in [0.05, 0.1) is 13.2 Å². The summed E-state index contributed by atoms with van der Waals surface area (Å²) < 4.78 is 23.5. The largest absolute Gasteiger partial charge is 0.465 e. The fourth-order valence-electron chi connectivity index (χ4n) is 1.67. The lowest BCUT2D eigenvalue weighted by molar-refractivity contribution is -0.157. The molecule has 19 heavy (non-hydrogen) atoms. The van der Waals surface area contributed by atoms with Crippen LogP contribution in [0.1, 0.15) is 30.9 Å². The minimum absolute atomic E-state index is 0.0255. The first-order chi connectivity index (χ1) is 9.01. The number of hydrogen-bond acceptors (Lipinski definition) is 4. The molecule has 0 aromatic heterocycles. The van der Waals surface area contributed by atoms with Crippen LogP contribution in [0.25, 0.3) is 0 Å². The van der Waals surface area contributed by atoms with Gasteiger partial charge in [-0.05, 0) is 32.4 Å². The number of rotatable bonds is 5. The molecule has 0 fully saturated rings. The van der Waals surface area contributed by atoms with E-state index < -0.39 is 23.7 Å². The molecule has 0 bridgehead atoms. The average molecular weight is 268 g/mol. The Balaban J connectivity index is 3.14. The molecular weight excluding hydrogens is 251 g/mol. The first kappa shape index (κ1) is 15.1. The Morgan fingerprint density at radius 2 is 1.68 bits per heavy atom. The first-order valence-corrected chi connectivity index (χ1v) is 6.10. The maximum absolute atomic E-state index is 13.9. The van der Waals surface area contributed by atoms with E-state index in [1.54, 1.807) is 26.8 Å². The minimum Gasteiger partial charge on any atom is -0.465 e. The normalized spacial score (nSPS) is 10.4. The zero-order valence-electron chi connectivity index (χ0n) is 11.2. The van der Waals surface area contributed by atoms with Crippen molar-refractivity contribution in [2.45, 2.75) is 26.7 Å². The van der Waals surface area contributed by atoms with Crippen LogP contribution in [0.3, 0.4) is 0 Å². The molecule has 0 aliphatic carbocycles. The quantitative estimate of drug-likeness (QED) is 0.607. The van der Waals surface area contributed by atoms with Crippen molar-refractivity contribution in [3.63, 3.8) is 0 Å². The van der Waals surface area contributed by atoms with Crippen molar-refractivity contribution < 1.29 is 23.5 Å². The zero-order valence-corrected chi connectivity index (χ0v) is 11.2. The highest BCUT2D eigenvalue weighted by molar-refractivity contribution is 6.00. The van der Waals surface area contributed by atoms with Crippen molar-refractivity contribution in [3.8, 4) is 0 Å². The molecule has 0 saturated carbocycles. The SMILES string of the molecule is CCOC(=O)C(C(=O)OCC)c1ccc(C)cc1F. The topological polar surface area (TPSA) is 52.6 Å². The van der Waals surface area contributed by atoms with Gasteiger partial charge < -0.3 is 9.47 Å². The molecule has 1 rings (SSSR count). The number of esters is 2. The van der Waals surface area contributed by atoms with E-state index in [9.17, 15) is 14.0 Å². The maximum atomic E-state index is 13.9. The van der Waals surface area contributed by atoms with E-state index in [-0.39, 0.29) is 18.8 Å². The minimum atomic E-state index is -1.37. The van der Waals surface area contributed by atoms with Gasteiger partial charge in [-0.25, -0.2) is 4.39 Å². The molecule has 0 aliphatic rings. The molecular formula is C14H17FO4. The van der Waals surface area contributed by atoms with E-state index in [0.717, 1.165) is 0 Å². The Morgan fingerprint density at radius 1 is 1.16 bits per heavy atom. The third-order valence-electron chi connectivity index (χ3n) is 2.51. The molecule has 0 atom stereocenters. The van der Waals surface area contributed by atoms with Crippen LogP contribution in [0.2, 0.25) is 0 Å². The summed E-state index contributed by atoms with van der Waals surface area (Å²) in [6.07, 6.45) is 0. The summed E-state index contributed by atoms with van der Waals surface area (Å²) in [6.45, 7) is 5.18. The van der Waals surface area contributed by atoms with Crippen LogP contribution in [0, 0.1) is 12.7 Å². The molecule has 104 valence electrons. The van der Waals surface area contributed by atoms with Gasteiger partial charge >= 0.3 is 11.9 Å². The van der Waals surface area contributed by atoms with E-state index in [2.05, 4.69) is 0 Å². The van der Waals surface area contributed by atoms with E-state index in [0.29, 0.717) is 5.56 Å². The predicted octanol–water partition coefficient (Wildman–Crippen LogP) is 2.34. The van der Waals surface area contributed by atoms with Gasteiger partial charge in [0.2, 0.25) is 0 Å². The Hall–Kier alpha value is -1.91. The lowest BCUT2D eigenvalue weighted by Crippen LogP contribution is -2.27. The standard InChI is InChI=1S/C14H17FO4/c1-4-18-13(16)12(14(17)19-5-2)10-7-6-9(3)8-11(10)15/h6-8,12H,4-5H2,1-3H3. The fraction of sp³-hybridized carbons (Fsp3) is 0.429. The van der Waals surface area contributed by atoms with Crippen molar-refractivity contribution in [1.82, 2.24) is 0 Å². The number of carbonyl (C=O) groups is 2. The summed E-state index contributed by atoms with van der Waals surface area (Å²) in [5, 5.41) is 0. The lowest BCUT2D eigenvalue weighted by atomic mass is 9.97. The Morgan fingerprint density at radius 3 is 2.11 bits per heavy atom. The van der Waals surface area contributed by atoms with Crippen LogP contribution >= 0.6 is 0 Å². The highest BCUT2D eigenvalue weighted by atomic mass is 19.1. The van der Waals surface area contributed by atoms with Gasteiger partial charge in [0.25, 0.3) is 0 Å². The molecule has 0 N–H and O–H groups in total. The molecule has 0 heterocycles. The summed E-state index contributed by atoms with van der Waals surface area (Å²) in [7, 11) is 0. The van der Waals surface area contributed by atoms with Crippen LogP contribution in [0.5, 0.6) is 0 Å². The second kappa shape index (κ2) is 6.87. The molecule has 0 unspecified atom stereocenters. The van der Waals surface area contributed by atoms with Gasteiger partial charge in [0.1, 0.15) is 5.82 Å². The van der Waals surface area contributed by atoms with Crippen molar-refractivity contribution in [2.24, 2.45) is 0 Å². The van der Waals surface area contributed by atoms with Gasteiger partial charge in [-0.15, -0.1) is 0 Å². The molecule has 4 nitrogen and oxygen atoms in total. The smallest absolute Gasteiger partial charge is 0.324 e. The lowest BCUT2D eigenvalue weighted by Gasteiger charge is -2.15. The molecule has 0 amide bonds. The third-order valence-corrected chi connectivity index (χ3v) is 2.51. The van der Waals surface area contributed by atoms with Crippen LogP contribution in [0.4, 0.5) is 4.39 Å². The van der Waals surface area contributed by atoms with E-state index >= 15 is 0 Å². The Bertz CT molecular complexity index is 453. The molecule has 0 spiro atoms. The second-order valence-corrected chi connectivity index (χ2v) is 3.96. The van der Waals surface area contributed by atoms with Crippen LogP contribution in [0.15, 0.2) is 18.2 Å². The highest BCUT2D eigenvalue weighted by Gasteiger charge is 2.33. The zero-order chi connectivity index (χ0) is 14.4. The van der Waals surface area contributed by atoms with Crippen molar-refractivity contribution >= 4 is 11.9 Å². The summed E-state index contributed by atoms with van der Waals surface area (Å²) in [6, 6.07) is 4.30. The van der Waals surface area contributed by atoms with Gasteiger partial charge in [0.15, 0.2) is 5.92 Å². The monoisotopic (exact) mass is 268 g/mol. The maximum Gasteiger partial charge on any atom is 0.324 e. The van der Waals surface area contributed by atoms with Gasteiger partial charge in [-0.1, -0.05) is 12.1 Å². The number of hydrogen-bond donors (Lipinski definition) is 0. The Labute approximate surface area is 111 Å². The van der Waals surface area contributed by atoms with Crippen molar-refractivity contribution in [2.75, 3.05) is 13.2 Å².